The summed E-state index contributed by atoms with van der Waals surface area (Å²) in [6.07, 6.45) is 0. The van der Waals surface area contributed by atoms with Gasteiger partial charge < -0.3 is 16.8 Å². The molecule has 0 unspecified atom stereocenters. The molecule has 21 heteroatoms. The Balaban J connectivity index is 0.000000166. The molecule has 0 radical (unpaired) electrons. The Morgan fingerprint density at radius 1 is 0.763 bits per heavy atom. The molecule has 59 heavy (non-hydrogen) atoms. The summed E-state index contributed by atoms with van der Waals surface area (Å²) in [7, 11) is -6.98. The Bertz CT molecular complexity index is 2720. The summed E-state index contributed by atoms with van der Waals surface area (Å²) in [4.78, 5) is 35.5. The topological polar surface area (TPSA) is 194 Å². The van der Waals surface area contributed by atoms with E-state index < -0.39 is 46.1 Å². The number of nitrogens with two attached hydrogens (primary N) is 2. The van der Waals surface area contributed by atoms with Crippen LogP contribution in [0.25, 0.3) is 0 Å². The molecule has 0 spiro atoms. The second kappa shape index (κ2) is 15.8. The van der Waals surface area contributed by atoms with Crippen molar-refractivity contribution in [3.8, 4) is 0 Å². The second-order valence-electron chi connectivity index (χ2n) is 15.7. The number of rotatable bonds is 3. The van der Waals surface area contributed by atoms with E-state index in [4.69, 9.17) is 34.7 Å². The van der Waals surface area contributed by atoms with E-state index in [-0.39, 0.29) is 41.5 Å². The number of nitrogens with one attached hydrogen (secondary N) is 1. The third-order valence-electron chi connectivity index (χ3n) is 10.7. The van der Waals surface area contributed by atoms with E-state index in [1.165, 1.54) is 59.6 Å². The number of hydrogen-bond acceptors (Lipinski definition) is 12. The van der Waals surface area contributed by atoms with Crippen LogP contribution in [0.15, 0.2) is 66.8 Å². The van der Waals surface area contributed by atoms with Crippen LogP contribution in [-0.2, 0) is 43.8 Å². The molecule has 0 fully saturated rings. The standard InChI is InChI=1S/C19H19ClFN3O3S2.C11H14BrClN2O2S2.C8H6BrNO/c1-18(2)17(22)23-19(3,9-29(18,26)27)15-13(20)7-14(28-15)24-8-10-6-11(21)4-5-12(10)16(24)25;1-10(2)9(14)15-11(3,5-19(10,16)17)8-6(13)4-7(12)18-8;9-6-1-2-7-5(3-6)4-10-8(7)11/h4-7H,8-9H2,1-3H3,(H2,22,23);4H,5H2,1-3H3,(H2,14,15);1-3H,4H2,(H,10,11)/t19-;11-;/m00./s1. The lowest BCUT2D eigenvalue weighted by Crippen LogP contribution is -2.54. The number of aliphatic imine (C=N–C) groups is 2. The summed E-state index contributed by atoms with van der Waals surface area (Å²) in [5, 5.41) is 4.12. The summed E-state index contributed by atoms with van der Waals surface area (Å²) in [5.74, 6) is -0.815. The van der Waals surface area contributed by atoms with Gasteiger partial charge in [-0.3, -0.25) is 24.5 Å². The van der Waals surface area contributed by atoms with Crippen LogP contribution in [0.5, 0.6) is 0 Å². The molecule has 6 heterocycles. The summed E-state index contributed by atoms with van der Waals surface area (Å²) in [6, 6.07) is 13.1. The van der Waals surface area contributed by atoms with Crippen LogP contribution in [0.2, 0.25) is 10.0 Å². The van der Waals surface area contributed by atoms with Gasteiger partial charge in [-0.05, 0) is 117 Å². The molecule has 2 atom stereocenters. The van der Waals surface area contributed by atoms with Gasteiger partial charge in [0.05, 0.1) is 46.6 Å². The van der Waals surface area contributed by atoms with Gasteiger partial charge in [-0.1, -0.05) is 39.1 Å². The minimum atomic E-state index is -3.58. The summed E-state index contributed by atoms with van der Waals surface area (Å²) in [6.45, 7) is 10.5. The number of fused-ring (bicyclic) bond motifs is 2. The molecule has 2 aromatic heterocycles. The molecule has 4 aliphatic heterocycles. The quantitative estimate of drug-likeness (QED) is 0.183. The number of nitrogens with zero attached hydrogens (tertiary/aromatic N) is 3. The number of sulfone groups is 2. The average molecular weight is 1050 g/mol. The first-order chi connectivity index (χ1) is 27.1. The second-order valence-corrected chi connectivity index (χ2v) is 26.0. The van der Waals surface area contributed by atoms with Crippen LogP contribution >= 0.6 is 77.7 Å². The maximum Gasteiger partial charge on any atom is 0.259 e. The first-order valence-electron chi connectivity index (χ1n) is 17.7. The Morgan fingerprint density at radius 3 is 1.81 bits per heavy atom. The van der Waals surface area contributed by atoms with Gasteiger partial charge in [0, 0.05) is 22.1 Å². The van der Waals surface area contributed by atoms with E-state index in [0.717, 1.165) is 19.4 Å². The number of anilines is 1. The van der Waals surface area contributed by atoms with Crippen molar-refractivity contribution < 1.29 is 30.8 Å². The average Bonchev–Trinajstić information content (AvgIpc) is 3.87. The molecular formula is C38H39Br2Cl2FN6O6S4. The maximum atomic E-state index is 13.5. The van der Waals surface area contributed by atoms with Gasteiger partial charge in [-0.2, -0.15) is 0 Å². The minimum absolute atomic E-state index is 0.0254. The van der Waals surface area contributed by atoms with Crippen LogP contribution < -0.4 is 21.7 Å². The Hall–Kier alpha value is -2.91. The number of carbonyl (C=O) groups excluding carboxylic acids is 2. The van der Waals surface area contributed by atoms with Crippen molar-refractivity contribution in [2.24, 2.45) is 21.5 Å². The fraction of sp³-hybridized carbons (Fsp3) is 0.368. The molecule has 5 N–H and O–H groups in total. The van der Waals surface area contributed by atoms with Crippen LogP contribution in [0.1, 0.15) is 83.1 Å². The number of carbonyl (C=O) groups is 2. The molecule has 316 valence electrons. The molecular weight excluding hydrogens is 1010 g/mol. The van der Waals surface area contributed by atoms with Crippen molar-refractivity contribution in [3.63, 3.8) is 0 Å². The summed E-state index contributed by atoms with van der Waals surface area (Å²) < 4.78 is 63.4. The van der Waals surface area contributed by atoms with Crippen molar-refractivity contribution in [1.29, 1.82) is 0 Å². The van der Waals surface area contributed by atoms with Gasteiger partial charge in [0.25, 0.3) is 11.8 Å². The molecule has 0 bridgehead atoms. The lowest BCUT2D eigenvalue weighted by molar-refractivity contribution is 0.0964. The van der Waals surface area contributed by atoms with E-state index in [2.05, 4.69) is 47.2 Å². The summed E-state index contributed by atoms with van der Waals surface area (Å²) >= 11 is 21.9. The van der Waals surface area contributed by atoms with E-state index in [1.807, 2.05) is 18.2 Å². The highest BCUT2D eigenvalue weighted by Crippen LogP contribution is 2.47. The van der Waals surface area contributed by atoms with Crippen molar-refractivity contribution in [1.82, 2.24) is 5.32 Å². The normalized spacial score (nSPS) is 24.4. The van der Waals surface area contributed by atoms with Crippen molar-refractivity contribution >= 4 is 126 Å². The molecule has 2 amide bonds. The fourth-order valence-electron chi connectivity index (χ4n) is 6.75. The number of amides is 2. The Morgan fingerprint density at radius 2 is 1.29 bits per heavy atom. The third kappa shape index (κ3) is 8.38. The zero-order valence-electron chi connectivity index (χ0n) is 32.4. The number of halogens is 5. The van der Waals surface area contributed by atoms with Gasteiger partial charge in [0.2, 0.25) is 0 Å². The largest absolute Gasteiger partial charge is 0.386 e. The van der Waals surface area contributed by atoms with Crippen LogP contribution in [0.4, 0.5) is 9.39 Å². The van der Waals surface area contributed by atoms with Crippen LogP contribution in [-0.4, -0.2) is 61.3 Å². The van der Waals surface area contributed by atoms with Gasteiger partial charge in [0.1, 0.15) is 38.1 Å². The first kappa shape index (κ1) is 45.6. The zero-order chi connectivity index (χ0) is 43.8. The number of hydrogen-bond donors (Lipinski definition) is 3. The monoisotopic (exact) mass is 1050 g/mol. The Kier molecular flexibility index (Phi) is 12.2. The van der Waals surface area contributed by atoms with Gasteiger partial charge in [-0.25, -0.2) is 21.2 Å². The fourth-order valence-corrected chi connectivity index (χ4v) is 14.5. The highest BCUT2D eigenvalue weighted by atomic mass is 79.9. The maximum absolute atomic E-state index is 13.5. The van der Waals surface area contributed by atoms with E-state index in [0.29, 0.717) is 42.5 Å². The van der Waals surface area contributed by atoms with Crippen molar-refractivity contribution in [2.75, 3.05) is 16.4 Å². The molecule has 8 rings (SSSR count). The number of amidine groups is 2. The third-order valence-corrected chi connectivity index (χ3v) is 20.7. The van der Waals surface area contributed by atoms with Gasteiger partial charge in [-0.15, -0.1) is 22.7 Å². The zero-order valence-corrected chi connectivity index (χ0v) is 40.4. The Labute approximate surface area is 376 Å². The lowest BCUT2D eigenvalue weighted by Gasteiger charge is -2.37. The van der Waals surface area contributed by atoms with Gasteiger partial charge in [0.15, 0.2) is 19.7 Å². The smallest absolute Gasteiger partial charge is 0.259 e. The molecule has 0 saturated carbocycles. The number of thiophene rings is 2. The van der Waals surface area contributed by atoms with E-state index >= 15 is 0 Å². The first-order valence-corrected chi connectivity index (χ1v) is 25.0. The molecule has 0 saturated heterocycles. The highest BCUT2D eigenvalue weighted by molar-refractivity contribution is 9.11. The van der Waals surface area contributed by atoms with Crippen LogP contribution in [0.3, 0.4) is 0 Å². The minimum Gasteiger partial charge on any atom is -0.386 e. The molecule has 2 aromatic carbocycles. The van der Waals surface area contributed by atoms with E-state index in [9.17, 15) is 30.8 Å². The molecule has 0 aliphatic carbocycles. The molecule has 4 aliphatic rings. The summed E-state index contributed by atoms with van der Waals surface area (Å²) in [5.41, 5.74) is 12.7. The highest BCUT2D eigenvalue weighted by Gasteiger charge is 2.51. The predicted octanol–water partition coefficient (Wildman–Crippen LogP) is 8.12. The predicted molar refractivity (Wildman–Crippen MR) is 242 cm³/mol. The van der Waals surface area contributed by atoms with Crippen molar-refractivity contribution in [2.45, 2.75) is 75.2 Å². The molecule has 4 aromatic rings. The van der Waals surface area contributed by atoms with Crippen molar-refractivity contribution in [3.05, 3.63) is 105 Å². The number of benzene rings is 2. The lowest BCUT2D eigenvalue weighted by atomic mass is 10.0. The van der Waals surface area contributed by atoms with Crippen LogP contribution in [0, 0.1) is 5.82 Å². The van der Waals surface area contributed by atoms with E-state index in [1.54, 1.807) is 39.8 Å². The molecule has 12 nitrogen and oxygen atoms in total. The van der Waals surface area contributed by atoms with Gasteiger partial charge >= 0.3 is 0 Å². The SMILES string of the molecule is CC1(C)C(N)=N[C@](C)(c2sc(Br)cc2Cl)CS1(=O)=O.CC1(C)C(N)=N[C@](C)(c2sc(N3Cc4cc(F)ccc4C3=O)cc2Cl)CS1(=O)=O.O=C1NCc2cc(Br)ccc21.